The van der Waals surface area contributed by atoms with Gasteiger partial charge in [0.05, 0.1) is 17.1 Å². The van der Waals surface area contributed by atoms with Gasteiger partial charge in [-0.1, -0.05) is 11.8 Å². The molecule has 2 aromatic rings. The zero-order valence-electron chi connectivity index (χ0n) is 11.0. The summed E-state index contributed by atoms with van der Waals surface area (Å²) >= 11 is 1.40. The molecule has 3 N–H and O–H groups in total. The lowest BCUT2D eigenvalue weighted by Gasteiger charge is -2.06. The molecule has 0 aliphatic carbocycles. The van der Waals surface area contributed by atoms with E-state index in [-0.39, 0.29) is 11.7 Å². The predicted octanol–water partition coefficient (Wildman–Crippen LogP) is 3.30. The number of aromatic hydroxyl groups is 1. The third kappa shape index (κ3) is 3.45. The molecule has 0 spiro atoms. The number of ether oxygens (including phenoxy) is 1. The van der Waals surface area contributed by atoms with Gasteiger partial charge in [-0.25, -0.2) is 4.79 Å². The minimum atomic E-state index is -0.334. The van der Waals surface area contributed by atoms with Gasteiger partial charge < -0.3 is 15.6 Å². The standard InChI is InChI=1S/C15H15NO3S/c1-2-19-15(18)10-3-6-12(7-4-10)20-14-8-5-11(16)9-13(14)17/h3-9,17H,2,16H2,1H3. The highest BCUT2D eigenvalue weighted by atomic mass is 32.2. The Morgan fingerprint density at radius 2 is 1.95 bits per heavy atom. The summed E-state index contributed by atoms with van der Waals surface area (Å²) in [6, 6.07) is 12.0. The molecule has 4 nitrogen and oxygen atoms in total. The normalized spacial score (nSPS) is 10.2. The van der Waals surface area contributed by atoms with E-state index in [9.17, 15) is 9.90 Å². The van der Waals surface area contributed by atoms with Gasteiger partial charge in [-0.15, -0.1) is 0 Å². The van der Waals surface area contributed by atoms with E-state index in [2.05, 4.69) is 0 Å². The van der Waals surface area contributed by atoms with Crippen molar-refractivity contribution in [2.24, 2.45) is 0 Å². The third-order valence-electron chi connectivity index (χ3n) is 2.58. The van der Waals surface area contributed by atoms with Crippen molar-refractivity contribution in [1.29, 1.82) is 0 Å². The molecule has 2 rings (SSSR count). The molecule has 0 saturated heterocycles. The van der Waals surface area contributed by atoms with E-state index in [0.717, 1.165) is 4.90 Å². The van der Waals surface area contributed by atoms with Crippen molar-refractivity contribution in [2.75, 3.05) is 12.3 Å². The number of carbonyl (C=O) groups is 1. The lowest BCUT2D eigenvalue weighted by Crippen LogP contribution is -2.03. The zero-order valence-corrected chi connectivity index (χ0v) is 11.8. The fourth-order valence-electron chi connectivity index (χ4n) is 1.62. The molecule has 0 atom stereocenters. The van der Waals surface area contributed by atoms with E-state index in [1.54, 1.807) is 31.2 Å². The highest BCUT2D eigenvalue weighted by Crippen LogP contribution is 2.35. The van der Waals surface area contributed by atoms with Crippen molar-refractivity contribution in [3.8, 4) is 5.75 Å². The van der Waals surface area contributed by atoms with Crippen molar-refractivity contribution >= 4 is 23.4 Å². The number of hydrogen-bond donors (Lipinski definition) is 2. The quantitative estimate of drug-likeness (QED) is 0.667. The summed E-state index contributed by atoms with van der Waals surface area (Å²) in [5.74, 6) is -0.191. The number of phenols is 1. The first kappa shape index (κ1) is 14.3. The van der Waals surface area contributed by atoms with Crippen molar-refractivity contribution in [2.45, 2.75) is 16.7 Å². The van der Waals surface area contributed by atoms with Gasteiger partial charge in [-0.2, -0.15) is 0 Å². The largest absolute Gasteiger partial charge is 0.507 e. The molecule has 2 aromatic carbocycles. The summed E-state index contributed by atoms with van der Waals surface area (Å²) in [6.07, 6.45) is 0. The second kappa shape index (κ2) is 6.34. The van der Waals surface area contributed by atoms with Crippen LogP contribution in [0.3, 0.4) is 0 Å². The number of benzene rings is 2. The van der Waals surface area contributed by atoms with Crippen molar-refractivity contribution in [3.63, 3.8) is 0 Å². The van der Waals surface area contributed by atoms with Crippen LogP contribution in [0.15, 0.2) is 52.3 Å². The summed E-state index contributed by atoms with van der Waals surface area (Å²) in [6.45, 7) is 2.13. The average molecular weight is 289 g/mol. The Morgan fingerprint density at radius 1 is 1.25 bits per heavy atom. The molecule has 104 valence electrons. The molecule has 0 radical (unpaired) electrons. The van der Waals surface area contributed by atoms with Gasteiger partial charge in [0, 0.05) is 16.6 Å². The van der Waals surface area contributed by atoms with Gasteiger partial charge >= 0.3 is 5.97 Å². The van der Waals surface area contributed by atoms with Crippen LogP contribution in [0, 0.1) is 0 Å². The summed E-state index contributed by atoms with van der Waals surface area (Å²) in [7, 11) is 0. The van der Waals surface area contributed by atoms with Crippen LogP contribution >= 0.6 is 11.8 Å². The highest BCUT2D eigenvalue weighted by Gasteiger charge is 2.07. The van der Waals surface area contributed by atoms with Crippen LogP contribution in [-0.4, -0.2) is 17.7 Å². The lowest BCUT2D eigenvalue weighted by atomic mass is 10.2. The second-order valence-electron chi connectivity index (χ2n) is 4.07. The molecule has 0 heterocycles. The van der Waals surface area contributed by atoms with Crippen LogP contribution in [0.2, 0.25) is 0 Å². The van der Waals surface area contributed by atoms with Crippen LogP contribution in [0.4, 0.5) is 5.69 Å². The van der Waals surface area contributed by atoms with E-state index >= 15 is 0 Å². The zero-order chi connectivity index (χ0) is 14.5. The number of rotatable bonds is 4. The Hall–Kier alpha value is -2.14. The molecule has 0 aromatic heterocycles. The number of esters is 1. The summed E-state index contributed by atoms with van der Waals surface area (Å²) < 4.78 is 4.92. The van der Waals surface area contributed by atoms with Gasteiger partial charge in [-0.3, -0.25) is 0 Å². The number of anilines is 1. The van der Waals surface area contributed by atoms with Gasteiger partial charge in [0.1, 0.15) is 5.75 Å². The maximum Gasteiger partial charge on any atom is 0.338 e. The van der Waals surface area contributed by atoms with E-state index in [1.165, 1.54) is 17.8 Å². The molecule has 0 aliphatic rings. The number of phenolic OH excluding ortho intramolecular Hbond substituents is 1. The maximum absolute atomic E-state index is 11.5. The number of hydrogen-bond acceptors (Lipinski definition) is 5. The van der Waals surface area contributed by atoms with Crippen molar-refractivity contribution < 1.29 is 14.6 Å². The third-order valence-corrected chi connectivity index (χ3v) is 3.65. The van der Waals surface area contributed by atoms with Crippen molar-refractivity contribution in [1.82, 2.24) is 0 Å². The van der Waals surface area contributed by atoms with E-state index in [1.807, 2.05) is 12.1 Å². The molecule has 0 fully saturated rings. The fraction of sp³-hybridized carbons (Fsp3) is 0.133. The lowest BCUT2D eigenvalue weighted by molar-refractivity contribution is 0.0526. The summed E-state index contributed by atoms with van der Waals surface area (Å²) in [5, 5.41) is 9.79. The second-order valence-corrected chi connectivity index (χ2v) is 5.19. The minimum Gasteiger partial charge on any atom is -0.507 e. The number of carbonyl (C=O) groups excluding carboxylic acids is 1. The van der Waals surface area contributed by atoms with Crippen molar-refractivity contribution in [3.05, 3.63) is 48.0 Å². The molecule has 5 heteroatoms. The Balaban J connectivity index is 2.12. The van der Waals surface area contributed by atoms with Gasteiger partial charge in [-0.05, 0) is 43.3 Å². The number of nitrogen functional groups attached to an aromatic ring is 1. The SMILES string of the molecule is CCOC(=O)c1ccc(Sc2ccc(N)cc2O)cc1. The van der Waals surface area contributed by atoms with Crippen LogP contribution in [0.25, 0.3) is 0 Å². The molecule has 0 unspecified atom stereocenters. The number of nitrogens with two attached hydrogens (primary N) is 1. The maximum atomic E-state index is 11.5. The highest BCUT2D eigenvalue weighted by molar-refractivity contribution is 7.99. The molecular formula is C15H15NO3S. The molecule has 0 amide bonds. The van der Waals surface area contributed by atoms with Crippen LogP contribution in [0.5, 0.6) is 5.75 Å². The Kier molecular flexibility index (Phi) is 4.53. The van der Waals surface area contributed by atoms with E-state index in [0.29, 0.717) is 22.8 Å². The topological polar surface area (TPSA) is 72.5 Å². The first-order chi connectivity index (χ1) is 9.60. The average Bonchev–Trinajstić information content (AvgIpc) is 2.43. The smallest absolute Gasteiger partial charge is 0.338 e. The molecular weight excluding hydrogens is 274 g/mol. The Labute approximate surface area is 121 Å². The van der Waals surface area contributed by atoms with E-state index in [4.69, 9.17) is 10.5 Å². The van der Waals surface area contributed by atoms with Crippen LogP contribution in [-0.2, 0) is 4.74 Å². The van der Waals surface area contributed by atoms with E-state index < -0.39 is 0 Å². The van der Waals surface area contributed by atoms with Gasteiger partial charge in [0.15, 0.2) is 0 Å². The molecule has 0 saturated carbocycles. The Bertz CT molecular complexity index is 611. The van der Waals surface area contributed by atoms with Gasteiger partial charge in [0.25, 0.3) is 0 Å². The molecule has 20 heavy (non-hydrogen) atoms. The monoisotopic (exact) mass is 289 g/mol. The molecule has 0 aliphatic heterocycles. The molecule has 0 bridgehead atoms. The fourth-order valence-corrected chi connectivity index (χ4v) is 2.45. The summed E-state index contributed by atoms with van der Waals surface area (Å²) in [5.41, 5.74) is 6.61. The van der Waals surface area contributed by atoms with Crippen LogP contribution in [0.1, 0.15) is 17.3 Å². The summed E-state index contributed by atoms with van der Waals surface area (Å²) in [4.78, 5) is 13.1. The first-order valence-electron chi connectivity index (χ1n) is 6.13. The van der Waals surface area contributed by atoms with Crippen LogP contribution < -0.4 is 5.73 Å². The Morgan fingerprint density at radius 3 is 2.55 bits per heavy atom. The van der Waals surface area contributed by atoms with Gasteiger partial charge in [0.2, 0.25) is 0 Å². The predicted molar refractivity (Wildman–Crippen MR) is 79.0 cm³/mol. The first-order valence-corrected chi connectivity index (χ1v) is 6.95. The minimum absolute atomic E-state index is 0.143.